The molecule has 5 rings (SSSR count). The van der Waals surface area contributed by atoms with Crippen LogP contribution in [0.1, 0.15) is 35.5 Å². The zero-order valence-corrected chi connectivity index (χ0v) is 14.2. The predicted molar refractivity (Wildman–Crippen MR) is 97.4 cm³/mol. The molecule has 0 spiro atoms. The Balaban J connectivity index is 1.37. The lowest BCUT2D eigenvalue weighted by Gasteiger charge is -2.27. The Morgan fingerprint density at radius 2 is 2.16 bits per heavy atom. The maximum Gasteiger partial charge on any atom is 0.254 e. The lowest BCUT2D eigenvalue weighted by atomic mass is 10.0. The first-order valence-corrected chi connectivity index (χ1v) is 9.14. The molecule has 0 unspecified atom stereocenters. The first-order chi connectivity index (χ1) is 12.2. The van der Waals surface area contributed by atoms with E-state index in [2.05, 4.69) is 39.1 Å². The molecule has 1 fully saturated rings. The molecule has 2 aliphatic rings. The van der Waals surface area contributed by atoms with Gasteiger partial charge in [0.15, 0.2) is 0 Å². The van der Waals surface area contributed by atoms with Gasteiger partial charge in [-0.3, -0.25) is 9.69 Å². The van der Waals surface area contributed by atoms with Crippen molar-refractivity contribution in [2.24, 2.45) is 5.92 Å². The highest BCUT2D eigenvalue weighted by atomic mass is 16.1. The van der Waals surface area contributed by atoms with E-state index in [-0.39, 0.29) is 5.56 Å². The van der Waals surface area contributed by atoms with Crippen LogP contribution in [-0.2, 0) is 25.9 Å². The van der Waals surface area contributed by atoms with Crippen LogP contribution in [0.3, 0.4) is 0 Å². The fourth-order valence-corrected chi connectivity index (χ4v) is 3.83. The molecule has 5 nitrogen and oxygen atoms in total. The van der Waals surface area contributed by atoms with E-state index >= 15 is 0 Å². The van der Waals surface area contributed by atoms with Gasteiger partial charge in [0.05, 0.1) is 5.69 Å². The molecule has 0 saturated heterocycles. The fourth-order valence-electron chi connectivity index (χ4n) is 3.83. The minimum atomic E-state index is 0.0778. The SMILES string of the molecule is O=c1[nH]c(CC2CC2)nc2c1CCN(Cc1ccc3[nH]ccc3c1)C2. The minimum absolute atomic E-state index is 0.0778. The van der Waals surface area contributed by atoms with Crippen LogP contribution in [-0.4, -0.2) is 26.4 Å². The van der Waals surface area contributed by atoms with E-state index in [0.29, 0.717) is 0 Å². The molecule has 1 saturated carbocycles. The summed E-state index contributed by atoms with van der Waals surface area (Å²) in [5, 5.41) is 1.25. The number of H-pyrrole nitrogens is 2. The van der Waals surface area contributed by atoms with Gasteiger partial charge in [0.1, 0.15) is 5.82 Å². The first-order valence-electron chi connectivity index (χ1n) is 9.14. The first kappa shape index (κ1) is 14.9. The Labute approximate surface area is 146 Å². The smallest absolute Gasteiger partial charge is 0.254 e. The van der Waals surface area contributed by atoms with Crippen molar-refractivity contribution in [3.8, 4) is 0 Å². The predicted octanol–water partition coefficient (Wildman–Crippen LogP) is 2.76. The van der Waals surface area contributed by atoms with Crippen molar-refractivity contribution in [1.29, 1.82) is 0 Å². The number of nitrogens with one attached hydrogen (secondary N) is 2. The van der Waals surface area contributed by atoms with E-state index in [9.17, 15) is 4.79 Å². The molecule has 3 aromatic rings. The average Bonchev–Trinajstić information content (AvgIpc) is 3.28. The quantitative estimate of drug-likeness (QED) is 0.771. The third-order valence-corrected chi connectivity index (χ3v) is 5.40. The summed E-state index contributed by atoms with van der Waals surface area (Å²) in [7, 11) is 0. The topological polar surface area (TPSA) is 64.8 Å². The van der Waals surface area contributed by atoms with Crippen molar-refractivity contribution < 1.29 is 0 Å². The molecule has 1 aliphatic heterocycles. The third-order valence-electron chi connectivity index (χ3n) is 5.40. The summed E-state index contributed by atoms with van der Waals surface area (Å²) in [6.45, 7) is 2.57. The van der Waals surface area contributed by atoms with Gasteiger partial charge in [-0.05, 0) is 54.3 Å². The van der Waals surface area contributed by atoms with E-state index in [1.165, 1.54) is 29.3 Å². The Hall–Kier alpha value is -2.40. The Morgan fingerprint density at radius 1 is 1.24 bits per heavy atom. The van der Waals surface area contributed by atoms with Gasteiger partial charge in [-0.1, -0.05) is 6.07 Å². The van der Waals surface area contributed by atoms with Crippen LogP contribution in [0.2, 0.25) is 0 Å². The van der Waals surface area contributed by atoms with Crippen molar-refractivity contribution in [1.82, 2.24) is 19.9 Å². The number of hydrogen-bond acceptors (Lipinski definition) is 3. The second-order valence-corrected chi connectivity index (χ2v) is 7.45. The van der Waals surface area contributed by atoms with Crippen LogP contribution in [0.4, 0.5) is 0 Å². The number of benzene rings is 1. The summed E-state index contributed by atoms with van der Waals surface area (Å²) in [4.78, 5) is 25.8. The Kier molecular flexibility index (Phi) is 3.48. The largest absolute Gasteiger partial charge is 0.361 e. The zero-order valence-electron chi connectivity index (χ0n) is 14.2. The number of rotatable bonds is 4. The summed E-state index contributed by atoms with van der Waals surface area (Å²) >= 11 is 0. The maximum atomic E-state index is 12.4. The molecule has 1 aliphatic carbocycles. The summed E-state index contributed by atoms with van der Waals surface area (Å²) in [5.74, 6) is 1.61. The number of aromatic nitrogens is 3. The van der Waals surface area contributed by atoms with Crippen molar-refractivity contribution in [3.05, 3.63) is 63.5 Å². The van der Waals surface area contributed by atoms with E-state index in [1.54, 1.807) is 0 Å². The highest BCUT2D eigenvalue weighted by molar-refractivity contribution is 5.79. The Bertz CT molecular complexity index is 983. The summed E-state index contributed by atoms with van der Waals surface area (Å²) in [6.07, 6.45) is 6.23. The van der Waals surface area contributed by atoms with Gasteiger partial charge in [-0.2, -0.15) is 0 Å². The van der Waals surface area contributed by atoms with Crippen LogP contribution in [0.25, 0.3) is 10.9 Å². The van der Waals surface area contributed by atoms with E-state index in [4.69, 9.17) is 4.98 Å². The molecule has 2 aromatic heterocycles. The van der Waals surface area contributed by atoms with Gasteiger partial charge in [-0.15, -0.1) is 0 Å². The lowest BCUT2D eigenvalue weighted by molar-refractivity contribution is 0.240. The molecule has 0 radical (unpaired) electrons. The minimum Gasteiger partial charge on any atom is -0.361 e. The van der Waals surface area contributed by atoms with Crippen LogP contribution >= 0.6 is 0 Å². The van der Waals surface area contributed by atoms with E-state index in [0.717, 1.165) is 55.5 Å². The number of hydrogen-bond donors (Lipinski definition) is 2. The highest BCUT2D eigenvalue weighted by Gasteiger charge is 2.25. The van der Waals surface area contributed by atoms with Crippen molar-refractivity contribution >= 4 is 10.9 Å². The summed E-state index contributed by atoms with van der Waals surface area (Å²) in [6, 6.07) is 8.66. The van der Waals surface area contributed by atoms with Crippen molar-refractivity contribution in [3.63, 3.8) is 0 Å². The van der Waals surface area contributed by atoms with Crippen LogP contribution in [0.5, 0.6) is 0 Å². The average molecular weight is 334 g/mol. The normalized spacial score (nSPS) is 17.8. The van der Waals surface area contributed by atoms with Crippen LogP contribution < -0.4 is 5.56 Å². The lowest BCUT2D eigenvalue weighted by Crippen LogP contribution is -2.35. The number of fused-ring (bicyclic) bond motifs is 2. The van der Waals surface area contributed by atoms with E-state index < -0.39 is 0 Å². The van der Waals surface area contributed by atoms with Crippen LogP contribution in [0, 0.1) is 5.92 Å². The van der Waals surface area contributed by atoms with Gasteiger partial charge in [0.25, 0.3) is 5.56 Å². The van der Waals surface area contributed by atoms with Gasteiger partial charge >= 0.3 is 0 Å². The second kappa shape index (κ2) is 5.85. The van der Waals surface area contributed by atoms with E-state index in [1.807, 2.05) is 6.20 Å². The molecule has 25 heavy (non-hydrogen) atoms. The van der Waals surface area contributed by atoms with Gasteiger partial charge < -0.3 is 9.97 Å². The molecule has 0 atom stereocenters. The summed E-state index contributed by atoms with van der Waals surface area (Å²) < 4.78 is 0. The molecule has 128 valence electrons. The molecular formula is C20H22N4O. The Morgan fingerprint density at radius 3 is 3.04 bits per heavy atom. The molecule has 0 amide bonds. The van der Waals surface area contributed by atoms with Gasteiger partial charge in [0, 0.05) is 43.3 Å². The maximum absolute atomic E-state index is 12.4. The van der Waals surface area contributed by atoms with Crippen molar-refractivity contribution in [2.45, 2.75) is 38.8 Å². The molecule has 3 heterocycles. The summed E-state index contributed by atoms with van der Waals surface area (Å²) in [5.41, 5.74) is 4.42. The standard InChI is InChI=1S/C20H22N4O/c25-20-16-6-8-24(11-14-3-4-17-15(9-14)5-7-21-17)12-18(16)22-19(23-20)10-13-1-2-13/h3-5,7,9,13,21H,1-2,6,8,10-12H2,(H,22,23,25). The van der Waals surface area contributed by atoms with Crippen LogP contribution in [0.15, 0.2) is 35.3 Å². The fraction of sp³-hybridized carbons (Fsp3) is 0.400. The molecule has 1 aromatic carbocycles. The number of aromatic amines is 2. The monoisotopic (exact) mass is 334 g/mol. The highest BCUT2D eigenvalue weighted by Crippen LogP contribution is 2.31. The second-order valence-electron chi connectivity index (χ2n) is 7.45. The number of nitrogens with zero attached hydrogens (tertiary/aromatic N) is 2. The van der Waals surface area contributed by atoms with Crippen molar-refractivity contribution in [2.75, 3.05) is 6.54 Å². The molecular weight excluding hydrogens is 312 g/mol. The molecule has 2 N–H and O–H groups in total. The molecule has 5 heteroatoms. The molecule has 0 bridgehead atoms. The zero-order chi connectivity index (χ0) is 16.8. The van der Waals surface area contributed by atoms with Gasteiger partial charge in [0.2, 0.25) is 0 Å². The third kappa shape index (κ3) is 3.00. The van der Waals surface area contributed by atoms with Gasteiger partial charge in [-0.25, -0.2) is 4.98 Å².